The van der Waals surface area contributed by atoms with Gasteiger partial charge in [0.25, 0.3) is 0 Å². The topological polar surface area (TPSA) is 73.9 Å². The van der Waals surface area contributed by atoms with Gasteiger partial charge in [0.2, 0.25) is 0 Å². The maximum Gasteiger partial charge on any atom is 0.342 e. The van der Waals surface area contributed by atoms with Crippen molar-refractivity contribution in [3.63, 3.8) is 0 Å². The Morgan fingerprint density at radius 3 is 2.34 bits per heavy atom. The number of ether oxygens (including phenoxy) is 1. The predicted octanol–water partition coefficient (Wildman–Crippen LogP) is 6.06. The summed E-state index contributed by atoms with van der Waals surface area (Å²) in [5.74, 6) is -0.210. The molecule has 1 unspecified atom stereocenters. The number of hydrogen-bond donors (Lipinski definition) is 1. The molecule has 1 N–H and O–H groups in total. The van der Waals surface area contributed by atoms with Gasteiger partial charge in [-0.15, -0.1) is 0 Å². The minimum atomic E-state index is -3.69. The van der Waals surface area contributed by atoms with Gasteiger partial charge in [-0.05, 0) is 51.1 Å². The molecule has 1 aliphatic rings. The van der Waals surface area contributed by atoms with Crippen LogP contribution in [0, 0.1) is 0 Å². The average Bonchev–Trinajstić information content (AvgIpc) is 2.69. The van der Waals surface area contributed by atoms with Crippen molar-refractivity contribution in [1.82, 2.24) is 0 Å². The molecule has 0 aromatic heterocycles. The SMILES string of the molecule is CCOP(=O)(OCC)C1C(=C(C)Nc2ccc(Br)cc2)C(=O)Oc2ccccc21. The van der Waals surface area contributed by atoms with Gasteiger partial charge in [-0.25, -0.2) is 4.79 Å². The van der Waals surface area contributed by atoms with Gasteiger partial charge in [0.15, 0.2) is 0 Å². The van der Waals surface area contributed by atoms with Crippen molar-refractivity contribution in [2.24, 2.45) is 0 Å². The third-order valence-electron chi connectivity index (χ3n) is 4.42. The monoisotopic (exact) mass is 479 g/mol. The Morgan fingerprint density at radius 2 is 1.72 bits per heavy atom. The first-order valence-electron chi connectivity index (χ1n) is 9.32. The lowest BCUT2D eigenvalue weighted by Gasteiger charge is -2.33. The fourth-order valence-corrected chi connectivity index (χ4v) is 5.80. The Morgan fingerprint density at radius 1 is 1.10 bits per heavy atom. The van der Waals surface area contributed by atoms with Gasteiger partial charge in [0, 0.05) is 21.4 Å². The van der Waals surface area contributed by atoms with Crippen LogP contribution in [0.1, 0.15) is 32.0 Å². The summed E-state index contributed by atoms with van der Waals surface area (Å²) in [6.45, 7) is 5.63. The van der Waals surface area contributed by atoms with Crippen LogP contribution in [0.2, 0.25) is 0 Å². The molecule has 0 amide bonds. The van der Waals surface area contributed by atoms with Crippen LogP contribution < -0.4 is 10.1 Å². The van der Waals surface area contributed by atoms with E-state index in [1.807, 2.05) is 30.3 Å². The molecule has 29 heavy (non-hydrogen) atoms. The number of halogens is 1. The van der Waals surface area contributed by atoms with Gasteiger partial charge in [-0.1, -0.05) is 34.1 Å². The highest BCUT2D eigenvalue weighted by molar-refractivity contribution is 9.10. The Labute approximate surface area is 178 Å². The van der Waals surface area contributed by atoms with E-state index >= 15 is 0 Å². The highest BCUT2D eigenvalue weighted by Crippen LogP contribution is 2.66. The Hall–Kier alpha value is -1.92. The fraction of sp³-hybridized carbons (Fsp3) is 0.286. The van der Waals surface area contributed by atoms with Gasteiger partial charge in [0.1, 0.15) is 11.4 Å². The van der Waals surface area contributed by atoms with Crippen LogP contribution in [-0.2, 0) is 18.4 Å². The number of esters is 1. The normalized spacial score (nSPS) is 18.1. The molecule has 0 spiro atoms. The van der Waals surface area contributed by atoms with Crippen molar-refractivity contribution in [2.75, 3.05) is 18.5 Å². The fourth-order valence-electron chi connectivity index (χ4n) is 3.27. The number of carbonyl (C=O) groups excluding carboxylic acids is 1. The molecule has 1 aliphatic heterocycles. The zero-order valence-electron chi connectivity index (χ0n) is 16.5. The summed E-state index contributed by atoms with van der Waals surface area (Å²) >= 11 is 3.40. The number of carbonyl (C=O) groups is 1. The molecule has 0 radical (unpaired) electrons. The van der Waals surface area contributed by atoms with Crippen molar-refractivity contribution in [3.8, 4) is 5.75 Å². The molecule has 0 bridgehead atoms. The number of hydrogen-bond acceptors (Lipinski definition) is 6. The van der Waals surface area contributed by atoms with Crippen LogP contribution in [0.25, 0.3) is 0 Å². The molecule has 0 saturated carbocycles. The van der Waals surface area contributed by atoms with E-state index in [0.29, 0.717) is 17.0 Å². The summed E-state index contributed by atoms with van der Waals surface area (Å²) in [5, 5.41) is 3.21. The lowest BCUT2D eigenvalue weighted by Crippen LogP contribution is -2.27. The van der Waals surface area contributed by atoms with E-state index < -0.39 is 19.2 Å². The minimum Gasteiger partial charge on any atom is -0.423 e. The van der Waals surface area contributed by atoms with E-state index in [-0.39, 0.29) is 18.8 Å². The summed E-state index contributed by atoms with van der Waals surface area (Å²) in [4.78, 5) is 12.9. The maximum absolute atomic E-state index is 13.8. The standard InChI is InChI=1S/C21H23BrNO5P/c1-4-26-29(25,27-5-2)20-17-8-6-7-9-18(17)28-21(24)19(20)14(3)23-16-12-10-15(22)11-13-16/h6-13,20,23H,4-5H2,1-3H3. The van der Waals surface area contributed by atoms with Crippen LogP contribution in [0.3, 0.4) is 0 Å². The Bertz CT molecular complexity index is 963. The first-order valence-corrected chi connectivity index (χ1v) is 11.7. The number of benzene rings is 2. The lowest BCUT2D eigenvalue weighted by atomic mass is 9.99. The second-order valence-electron chi connectivity index (χ2n) is 6.38. The van der Waals surface area contributed by atoms with Crippen LogP contribution in [0.15, 0.2) is 64.3 Å². The van der Waals surface area contributed by atoms with Crippen LogP contribution >= 0.6 is 23.5 Å². The van der Waals surface area contributed by atoms with E-state index in [1.54, 1.807) is 39.0 Å². The molecule has 0 fully saturated rings. The third kappa shape index (κ3) is 4.64. The molecule has 1 atom stereocenters. The largest absolute Gasteiger partial charge is 0.423 e. The molecular formula is C21H23BrNO5P. The number of fused-ring (bicyclic) bond motifs is 1. The zero-order valence-corrected chi connectivity index (χ0v) is 19.0. The average molecular weight is 480 g/mol. The Balaban J connectivity index is 2.15. The maximum atomic E-state index is 13.8. The van der Waals surface area contributed by atoms with Crippen molar-refractivity contribution >= 4 is 35.2 Å². The molecule has 6 nitrogen and oxygen atoms in total. The quantitative estimate of drug-likeness (QED) is 0.225. The van der Waals surface area contributed by atoms with Gasteiger partial charge in [0.05, 0.1) is 18.8 Å². The van der Waals surface area contributed by atoms with Gasteiger partial charge < -0.3 is 19.1 Å². The predicted molar refractivity (Wildman–Crippen MR) is 116 cm³/mol. The Kier molecular flexibility index (Phi) is 6.96. The molecule has 154 valence electrons. The number of para-hydroxylation sites is 1. The third-order valence-corrected chi connectivity index (χ3v) is 7.36. The molecule has 2 aromatic carbocycles. The molecular weight excluding hydrogens is 457 g/mol. The zero-order chi connectivity index (χ0) is 21.0. The number of rotatable bonds is 7. The number of nitrogens with one attached hydrogen (secondary N) is 1. The second-order valence-corrected chi connectivity index (χ2v) is 9.40. The van der Waals surface area contributed by atoms with Gasteiger partial charge >= 0.3 is 13.6 Å². The van der Waals surface area contributed by atoms with Crippen LogP contribution in [-0.4, -0.2) is 19.2 Å². The highest BCUT2D eigenvalue weighted by Gasteiger charge is 2.47. The first kappa shape index (κ1) is 21.8. The summed E-state index contributed by atoms with van der Waals surface area (Å²) < 4.78 is 31.5. The lowest BCUT2D eigenvalue weighted by molar-refractivity contribution is -0.131. The molecule has 0 saturated heterocycles. The highest BCUT2D eigenvalue weighted by atomic mass is 79.9. The summed E-state index contributed by atoms with van der Waals surface area (Å²) in [6, 6.07) is 14.5. The summed E-state index contributed by atoms with van der Waals surface area (Å²) in [6.07, 6.45) is 0. The summed E-state index contributed by atoms with van der Waals surface area (Å²) in [7, 11) is -3.69. The van der Waals surface area contributed by atoms with E-state index in [2.05, 4.69) is 21.2 Å². The first-order chi connectivity index (χ1) is 13.9. The van der Waals surface area contributed by atoms with Gasteiger partial charge in [-0.3, -0.25) is 4.57 Å². The molecule has 8 heteroatoms. The van der Waals surface area contributed by atoms with E-state index in [1.165, 1.54) is 0 Å². The van der Waals surface area contributed by atoms with Crippen molar-refractivity contribution in [3.05, 3.63) is 69.8 Å². The van der Waals surface area contributed by atoms with E-state index in [4.69, 9.17) is 13.8 Å². The number of anilines is 1. The van der Waals surface area contributed by atoms with Crippen molar-refractivity contribution in [1.29, 1.82) is 0 Å². The van der Waals surface area contributed by atoms with Crippen LogP contribution in [0.5, 0.6) is 5.75 Å². The molecule has 1 heterocycles. The minimum absolute atomic E-state index is 0.192. The van der Waals surface area contributed by atoms with E-state index in [9.17, 15) is 9.36 Å². The summed E-state index contributed by atoms with van der Waals surface area (Å²) in [5.41, 5.74) is 1.26. The van der Waals surface area contributed by atoms with Crippen molar-refractivity contribution in [2.45, 2.75) is 26.4 Å². The van der Waals surface area contributed by atoms with Crippen LogP contribution in [0.4, 0.5) is 5.69 Å². The van der Waals surface area contributed by atoms with Gasteiger partial charge in [-0.2, -0.15) is 0 Å². The number of allylic oxidation sites excluding steroid dienone is 1. The second kappa shape index (κ2) is 9.26. The van der Waals surface area contributed by atoms with Crippen molar-refractivity contribution < 1.29 is 23.1 Å². The smallest absolute Gasteiger partial charge is 0.342 e. The van der Waals surface area contributed by atoms with E-state index in [0.717, 1.165) is 10.2 Å². The molecule has 2 aromatic rings. The molecule has 0 aliphatic carbocycles. The molecule has 3 rings (SSSR count).